The van der Waals surface area contributed by atoms with Crippen molar-refractivity contribution < 1.29 is 27.5 Å². The molecule has 5 nitrogen and oxygen atoms in total. The van der Waals surface area contributed by atoms with Crippen LogP contribution in [0.4, 0.5) is 24.5 Å². The first kappa shape index (κ1) is 19.7. The van der Waals surface area contributed by atoms with Gasteiger partial charge in [-0.15, -0.1) is 0 Å². The molecular formula is C20H19F3N2O3. The molecule has 28 heavy (non-hydrogen) atoms. The van der Waals surface area contributed by atoms with Crippen LogP contribution in [0.1, 0.15) is 26.7 Å². The zero-order valence-corrected chi connectivity index (χ0v) is 15.3. The highest BCUT2D eigenvalue weighted by Crippen LogP contribution is 2.48. The van der Waals surface area contributed by atoms with E-state index >= 15 is 0 Å². The molecule has 0 unspecified atom stereocenters. The first-order valence-electron chi connectivity index (χ1n) is 8.76. The molecule has 0 aliphatic heterocycles. The number of benzene rings is 2. The fourth-order valence-electron chi connectivity index (χ4n) is 2.72. The van der Waals surface area contributed by atoms with Crippen LogP contribution in [0.15, 0.2) is 36.4 Å². The van der Waals surface area contributed by atoms with Crippen molar-refractivity contribution in [2.24, 2.45) is 5.41 Å². The molecule has 2 aromatic carbocycles. The lowest BCUT2D eigenvalue weighted by atomic mass is 10.0. The Kier molecular flexibility index (Phi) is 5.31. The van der Waals surface area contributed by atoms with Crippen molar-refractivity contribution in [1.29, 1.82) is 0 Å². The van der Waals surface area contributed by atoms with Crippen LogP contribution in [0, 0.1) is 22.9 Å². The van der Waals surface area contributed by atoms with E-state index in [9.17, 15) is 22.8 Å². The summed E-state index contributed by atoms with van der Waals surface area (Å²) in [6, 6.07) is 8.39. The van der Waals surface area contributed by atoms with Gasteiger partial charge in [-0.25, -0.2) is 13.2 Å². The smallest absolute Gasteiger partial charge is 0.240 e. The summed E-state index contributed by atoms with van der Waals surface area (Å²) in [4.78, 5) is 25.3. The van der Waals surface area contributed by atoms with Crippen LogP contribution in [0.25, 0.3) is 0 Å². The quantitative estimate of drug-likeness (QED) is 0.571. The zero-order chi connectivity index (χ0) is 20.5. The lowest BCUT2D eigenvalue weighted by molar-refractivity contribution is -0.131. The second-order valence-electron chi connectivity index (χ2n) is 6.88. The van der Waals surface area contributed by atoms with Gasteiger partial charge < -0.3 is 15.4 Å². The number of carbonyl (C=O) groups is 2. The van der Waals surface area contributed by atoms with Crippen LogP contribution >= 0.6 is 0 Å². The molecule has 1 aliphatic carbocycles. The van der Waals surface area contributed by atoms with Crippen molar-refractivity contribution in [3.63, 3.8) is 0 Å². The van der Waals surface area contributed by atoms with Gasteiger partial charge in [-0.3, -0.25) is 9.59 Å². The number of para-hydroxylation sites is 2. The monoisotopic (exact) mass is 392 g/mol. The number of carbonyl (C=O) groups excluding carboxylic acids is 2. The van der Waals surface area contributed by atoms with Crippen molar-refractivity contribution >= 4 is 23.2 Å². The van der Waals surface area contributed by atoms with E-state index in [2.05, 4.69) is 10.6 Å². The van der Waals surface area contributed by atoms with E-state index in [1.807, 2.05) is 13.8 Å². The third kappa shape index (κ3) is 3.81. The molecule has 2 aromatic rings. The summed E-state index contributed by atoms with van der Waals surface area (Å²) >= 11 is 0. The van der Waals surface area contributed by atoms with E-state index in [0.29, 0.717) is 17.5 Å². The molecule has 0 saturated heterocycles. The fourth-order valence-corrected chi connectivity index (χ4v) is 2.72. The summed E-state index contributed by atoms with van der Waals surface area (Å²) in [6.07, 6.45) is 0.388. The van der Waals surface area contributed by atoms with E-state index in [4.69, 9.17) is 4.74 Å². The normalized spacial score (nSPS) is 14.5. The number of halogens is 3. The number of ether oxygens (including phenoxy) is 1. The van der Waals surface area contributed by atoms with Crippen LogP contribution in [0.3, 0.4) is 0 Å². The van der Waals surface area contributed by atoms with Gasteiger partial charge in [0.05, 0.1) is 17.5 Å². The van der Waals surface area contributed by atoms with Crippen LogP contribution in [-0.2, 0) is 9.59 Å². The summed E-state index contributed by atoms with van der Waals surface area (Å²) < 4.78 is 45.8. The standard InChI is InChI=1S/C20H19F3N2O3/c1-11(2)28-15-6-4-3-5-13(15)24-18(26)20(9-10-20)19(27)25-14-8-7-12(21)16(22)17(14)23/h3-8,11H,9-10H2,1-2H3,(H,24,26)(H,25,27). The Morgan fingerprint density at radius 2 is 1.54 bits per heavy atom. The SMILES string of the molecule is CC(C)Oc1ccccc1NC(=O)C1(C(=O)Nc2ccc(F)c(F)c2F)CC1. The Hall–Kier alpha value is -3.03. The summed E-state index contributed by atoms with van der Waals surface area (Å²) in [5.74, 6) is -5.47. The predicted octanol–water partition coefficient (Wildman–Crippen LogP) is 4.25. The molecule has 0 heterocycles. The second kappa shape index (κ2) is 7.53. The van der Waals surface area contributed by atoms with Crippen LogP contribution in [0.2, 0.25) is 0 Å². The molecule has 1 fully saturated rings. The van der Waals surface area contributed by atoms with Gasteiger partial charge in [0.1, 0.15) is 11.2 Å². The average Bonchev–Trinajstić information content (AvgIpc) is 3.45. The predicted molar refractivity (Wildman–Crippen MR) is 97.4 cm³/mol. The maximum Gasteiger partial charge on any atom is 0.240 e. The van der Waals surface area contributed by atoms with Gasteiger partial charge in [-0.2, -0.15) is 0 Å². The first-order chi connectivity index (χ1) is 13.2. The molecule has 0 aromatic heterocycles. The van der Waals surface area contributed by atoms with Crippen molar-refractivity contribution in [2.45, 2.75) is 32.8 Å². The number of anilines is 2. The fraction of sp³-hybridized carbons (Fsp3) is 0.300. The minimum absolute atomic E-state index is 0.118. The van der Waals surface area contributed by atoms with Crippen molar-refractivity contribution in [3.05, 3.63) is 53.8 Å². The van der Waals surface area contributed by atoms with Crippen molar-refractivity contribution in [1.82, 2.24) is 0 Å². The third-order valence-corrected chi connectivity index (χ3v) is 4.40. The van der Waals surface area contributed by atoms with Gasteiger partial charge in [-0.05, 0) is 51.0 Å². The second-order valence-corrected chi connectivity index (χ2v) is 6.88. The Morgan fingerprint density at radius 3 is 2.14 bits per heavy atom. The van der Waals surface area contributed by atoms with Gasteiger partial charge in [0.2, 0.25) is 11.8 Å². The minimum Gasteiger partial charge on any atom is -0.489 e. The lowest BCUT2D eigenvalue weighted by Crippen LogP contribution is -2.36. The van der Waals surface area contributed by atoms with E-state index < -0.39 is 40.4 Å². The van der Waals surface area contributed by atoms with Crippen molar-refractivity contribution in [3.8, 4) is 5.75 Å². The van der Waals surface area contributed by atoms with Crippen LogP contribution in [0.5, 0.6) is 5.75 Å². The molecule has 148 valence electrons. The van der Waals surface area contributed by atoms with Gasteiger partial charge >= 0.3 is 0 Å². The topological polar surface area (TPSA) is 67.4 Å². The van der Waals surface area contributed by atoms with E-state index in [1.54, 1.807) is 24.3 Å². The Balaban J connectivity index is 1.76. The maximum absolute atomic E-state index is 13.8. The third-order valence-electron chi connectivity index (χ3n) is 4.40. The zero-order valence-electron chi connectivity index (χ0n) is 15.3. The maximum atomic E-state index is 13.8. The molecule has 3 rings (SSSR count). The number of hydrogen-bond acceptors (Lipinski definition) is 3. The lowest BCUT2D eigenvalue weighted by Gasteiger charge is -2.18. The molecule has 0 radical (unpaired) electrons. The van der Waals surface area contributed by atoms with Gasteiger partial charge in [0.15, 0.2) is 17.5 Å². The van der Waals surface area contributed by atoms with Crippen LogP contribution in [-0.4, -0.2) is 17.9 Å². The highest BCUT2D eigenvalue weighted by Gasteiger charge is 2.56. The first-order valence-corrected chi connectivity index (χ1v) is 8.76. The molecule has 2 N–H and O–H groups in total. The summed E-state index contributed by atoms with van der Waals surface area (Å²) in [7, 11) is 0. The average molecular weight is 392 g/mol. The van der Waals surface area contributed by atoms with E-state index in [-0.39, 0.29) is 18.9 Å². The number of nitrogens with one attached hydrogen (secondary N) is 2. The molecule has 1 saturated carbocycles. The van der Waals surface area contributed by atoms with Gasteiger partial charge in [0.25, 0.3) is 0 Å². The Bertz CT molecular complexity index is 927. The molecule has 2 amide bonds. The molecule has 0 atom stereocenters. The van der Waals surface area contributed by atoms with Gasteiger partial charge in [-0.1, -0.05) is 12.1 Å². The molecule has 0 bridgehead atoms. The summed E-state index contributed by atoms with van der Waals surface area (Å²) in [6.45, 7) is 3.68. The van der Waals surface area contributed by atoms with Crippen molar-refractivity contribution in [2.75, 3.05) is 10.6 Å². The summed E-state index contributed by atoms with van der Waals surface area (Å²) in [5.41, 5.74) is -1.52. The summed E-state index contributed by atoms with van der Waals surface area (Å²) in [5, 5.41) is 4.85. The molecular weight excluding hydrogens is 373 g/mol. The Labute approximate surface area is 159 Å². The number of rotatable bonds is 6. The highest BCUT2D eigenvalue weighted by molar-refractivity contribution is 6.17. The molecule has 1 aliphatic rings. The number of amides is 2. The molecule has 0 spiro atoms. The number of hydrogen-bond donors (Lipinski definition) is 2. The van der Waals surface area contributed by atoms with Gasteiger partial charge in [0, 0.05) is 0 Å². The van der Waals surface area contributed by atoms with Crippen LogP contribution < -0.4 is 15.4 Å². The minimum atomic E-state index is -1.69. The van der Waals surface area contributed by atoms with E-state index in [0.717, 1.165) is 6.07 Å². The molecule has 8 heteroatoms. The largest absolute Gasteiger partial charge is 0.489 e. The highest BCUT2D eigenvalue weighted by atomic mass is 19.2. The Morgan fingerprint density at radius 1 is 0.929 bits per heavy atom. The van der Waals surface area contributed by atoms with E-state index in [1.165, 1.54) is 0 Å².